The van der Waals surface area contributed by atoms with Gasteiger partial charge in [-0.1, -0.05) is 12.8 Å². The summed E-state index contributed by atoms with van der Waals surface area (Å²) in [4.78, 5) is 0. The zero-order chi connectivity index (χ0) is 7.61. The number of hydrogen-bond donors (Lipinski definition) is 2. The average Bonchev–Trinajstić information content (AvgIpc) is 1.87. The molecule has 3 heteroatoms. The van der Waals surface area contributed by atoms with Crippen LogP contribution >= 0.6 is 12.4 Å². The predicted octanol–water partition coefficient (Wildman–Crippen LogP) is 1.31. The van der Waals surface area contributed by atoms with Crippen LogP contribution in [0.4, 0.5) is 0 Å². The van der Waals surface area contributed by atoms with Crippen LogP contribution in [-0.2, 0) is 0 Å². The van der Waals surface area contributed by atoms with Crippen LogP contribution in [0.5, 0.6) is 0 Å². The van der Waals surface area contributed by atoms with E-state index in [0.717, 1.165) is 12.8 Å². The van der Waals surface area contributed by atoms with Crippen LogP contribution in [-0.4, -0.2) is 17.3 Å². The fraction of sp³-hybridized carbons (Fsp3) is 1.00. The fourth-order valence-corrected chi connectivity index (χ4v) is 1.73. The Morgan fingerprint density at radius 3 is 2.55 bits per heavy atom. The highest BCUT2D eigenvalue weighted by Crippen LogP contribution is 2.30. The summed E-state index contributed by atoms with van der Waals surface area (Å²) in [6.45, 7) is 2.31. The second-order valence-corrected chi connectivity index (χ2v) is 3.63. The summed E-state index contributed by atoms with van der Waals surface area (Å²) in [7, 11) is 0. The quantitative estimate of drug-likeness (QED) is 0.638. The van der Waals surface area contributed by atoms with E-state index in [2.05, 4.69) is 0 Å². The lowest BCUT2D eigenvalue weighted by Crippen LogP contribution is -2.47. The molecule has 0 aliphatic heterocycles. The summed E-state index contributed by atoms with van der Waals surface area (Å²) in [5.41, 5.74) is 5.87. The van der Waals surface area contributed by atoms with Crippen molar-refractivity contribution in [3.8, 4) is 0 Å². The summed E-state index contributed by atoms with van der Waals surface area (Å²) in [5, 5.41) is 8.95. The lowest BCUT2D eigenvalue weighted by atomic mass is 9.75. The molecule has 1 fully saturated rings. The highest BCUT2D eigenvalue weighted by molar-refractivity contribution is 5.85. The zero-order valence-electron chi connectivity index (χ0n) is 7.05. The van der Waals surface area contributed by atoms with Crippen molar-refractivity contribution in [1.29, 1.82) is 0 Å². The highest BCUT2D eigenvalue weighted by atomic mass is 35.5. The molecule has 0 unspecified atom stereocenters. The minimum atomic E-state index is -0.104. The zero-order valence-corrected chi connectivity index (χ0v) is 7.86. The molecule has 1 saturated carbocycles. The Morgan fingerprint density at radius 1 is 1.55 bits per heavy atom. The van der Waals surface area contributed by atoms with Gasteiger partial charge in [0.05, 0.1) is 0 Å². The van der Waals surface area contributed by atoms with Gasteiger partial charge in [-0.05, 0) is 25.7 Å². The first-order chi connectivity index (χ1) is 4.67. The largest absolute Gasteiger partial charge is 0.396 e. The van der Waals surface area contributed by atoms with E-state index in [1.165, 1.54) is 12.8 Å². The van der Waals surface area contributed by atoms with Crippen LogP contribution in [0.15, 0.2) is 0 Å². The fourth-order valence-electron chi connectivity index (χ4n) is 1.73. The molecule has 0 aromatic carbocycles. The maximum absolute atomic E-state index is 8.95. The van der Waals surface area contributed by atoms with Crippen LogP contribution in [0.25, 0.3) is 0 Å². The van der Waals surface area contributed by atoms with E-state index in [1.54, 1.807) is 0 Å². The van der Waals surface area contributed by atoms with Crippen molar-refractivity contribution < 1.29 is 5.11 Å². The predicted molar refractivity (Wildman–Crippen MR) is 48.9 cm³/mol. The lowest BCUT2D eigenvalue weighted by molar-refractivity contribution is 0.120. The Hall–Kier alpha value is 0.210. The summed E-state index contributed by atoms with van der Waals surface area (Å²) in [6.07, 6.45) is 4.63. The van der Waals surface area contributed by atoms with Crippen LogP contribution in [0, 0.1) is 5.92 Å². The Labute approximate surface area is 74.6 Å². The Morgan fingerprint density at radius 2 is 2.18 bits per heavy atom. The number of rotatable bonds is 1. The maximum atomic E-state index is 8.95. The maximum Gasteiger partial charge on any atom is 0.0476 e. The van der Waals surface area contributed by atoms with Gasteiger partial charge in [-0.15, -0.1) is 12.4 Å². The van der Waals surface area contributed by atoms with E-state index in [1.807, 2.05) is 6.92 Å². The number of nitrogens with two attached hydrogens (primary N) is 1. The molecule has 2 nitrogen and oxygen atoms in total. The van der Waals surface area contributed by atoms with Gasteiger partial charge in [-0.3, -0.25) is 0 Å². The van der Waals surface area contributed by atoms with Crippen molar-refractivity contribution in [1.82, 2.24) is 0 Å². The van der Waals surface area contributed by atoms with Crippen LogP contribution in [0.2, 0.25) is 0 Å². The van der Waals surface area contributed by atoms with Gasteiger partial charge in [0.15, 0.2) is 0 Å². The van der Waals surface area contributed by atoms with Crippen molar-refractivity contribution >= 4 is 12.4 Å². The van der Waals surface area contributed by atoms with Crippen LogP contribution < -0.4 is 5.73 Å². The topological polar surface area (TPSA) is 46.2 Å². The molecule has 1 aliphatic rings. The molecule has 1 aliphatic carbocycles. The summed E-state index contributed by atoms with van der Waals surface area (Å²) < 4.78 is 0. The van der Waals surface area contributed by atoms with Crippen molar-refractivity contribution in [2.75, 3.05) is 6.61 Å². The number of hydrogen-bond acceptors (Lipinski definition) is 2. The van der Waals surface area contributed by atoms with E-state index in [4.69, 9.17) is 10.8 Å². The third-order valence-electron chi connectivity index (χ3n) is 2.67. The molecule has 0 aromatic heterocycles. The third kappa shape index (κ3) is 2.62. The van der Waals surface area contributed by atoms with E-state index in [9.17, 15) is 0 Å². The summed E-state index contributed by atoms with van der Waals surface area (Å²) in [6, 6.07) is 0. The molecule has 0 radical (unpaired) electrons. The molecule has 1 rings (SSSR count). The number of aliphatic hydroxyl groups excluding tert-OH is 1. The van der Waals surface area contributed by atoms with Gasteiger partial charge >= 0.3 is 0 Å². The van der Waals surface area contributed by atoms with Gasteiger partial charge in [0, 0.05) is 12.1 Å². The normalized spacial score (nSPS) is 37.9. The molecule has 3 N–H and O–H groups in total. The van der Waals surface area contributed by atoms with E-state index >= 15 is 0 Å². The molecule has 0 amide bonds. The van der Waals surface area contributed by atoms with Gasteiger partial charge in [-0.2, -0.15) is 0 Å². The van der Waals surface area contributed by atoms with Crippen molar-refractivity contribution in [3.63, 3.8) is 0 Å². The van der Waals surface area contributed by atoms with E-state index < -0.39 is 0 Å². The first-order valence-electron chi connectivity index (χ1n) is 4.06. The number of halogens is 1. The second kappa shape index (κ2) is 4.29. The molecule has 68 valence electrons. The molecule has 0 aromatic rings. The molecular formula is C8H18ClNO. The van der Waals surface area contributed by atoms with Crippen molar-refractivity contribution in [2.45, 2.75) is 38.1 Å². The van der Waals surface area contributed by atoms with Gasteiger partial charge in [0.25, 0.3) is 0 Å². The summed E-state index contributed by atoms with van der Waals surface area (Å²) in [5.74, 6) is 0.334. The van der Waals surface area contributed by atoms with E-state index in [-0.39, 0.29) is 24.6 Å². The highest BCUT2D eigenvalue weighted by Gasteiger charge is 2.31. The molecule has 0 spiro atoms. The molecule has 2 atom stereocenters. The standard InChI is InChI=1S/C8H17NO.ClH/c1-8(9)5-3-2-4-7(8)6-10;/h7,10H,2-6,9H2,1H3;1H/t7-,8-;/m0./s1. The third-order valence-corrected chi connectivity index (χ3v) is 2.67. The molecule has 0 saturated heterocycles. The average molecular weight is 180 g/mol. The molecular weight excluding hydrogens is 162 g/mol. The monoisotopic (exact) mass is 179 g/mol. The summed E-state index contributed by atoms with van der Waals surface area (Å²) >= 11 is 0. The van der Waals surface area contributed by atoms with Gasteiger partial charge in [0.1, 0.15) is 0 Å². The van der Waals surface area contributed by atoms with Gasteiger partial charge in [0.2, 0.25) is 0 Å². The molecule has 0 heterocycles. The van der Waals surface area contributed by atoms with Gasteiger partial charge in [-0.25, -0.2) is 0 Å². The van der Waals surface area contributed by atoms with E-state index in [0.29, 0.717) is 5.92 Å². The van der Waals surface area contributed by atoms with Crippen LogP contribution in [0.1, 0.15) is 32.6 Å². The SMILES string of the molecule is C[C@]1(N)CCCC[C@H]1CO.Cl. The van der Waals surface area contributed by atoms with Crippen molar-refractivity contribution in [3.05, 3.63) is 0 Å². The molecule has 11 heavy (non-hydrogen) atoms. The molecule has 0 bridgehead atoms. The van der Waals surface area contributed by atoms with Crippen LogP contribution in [0.3, 0.4) is 0 Å². The smallest absolute Gasteiger partial charge is 0.0476 e. The first kappa shape index (κ1) is 11.2. The second-order valence-electron chi connectivity index (χ2n) is 3.63. The lowest BCUT2D eigenvalue weighted by Gasteiger charge is -2.37. The minimum absolute atomic E-state index is 0. The minimum Gasteiger partial charge on any atom is -0.396 e. The first-order valence-corrected chi connectivity index (χ1v) is 4.06. The Kier molecular flexibility index (Phi) is 4.37. The number of aliphatic hydroxyl groups is 1. The van der Waals surface area contributed by atoms with Gasteiger partial charge < -0.3 is 10.8 Å². The van der Waals surface area contributed by atoms with Crippen molar-refractivity contribution in [2.24, 2.45) is 11.7 Å². The Bertz CT molecular complexity index is 117. The Balaban J connectivity index is 0.000001000.